The predicted molar refractivity (Wildman–Crippen MR) is 88.8 cm³/mol. The third-order valence-corrected chi connectivity index (χ3v) is 5.52. The van der Waals surface area contributed by atoms with Gasteiger partial charge in [0.1, 0.15) is 6.61 Å². The fraction of sp³-hybridized carbons (Fsp3) is 0.824. The summed E-state index contributed by atoms with van der Waals surface area (Å²) in [5.41, 5.74) is 0. The quantitative estimate of drug-likeness (QED) is 0.714. The summed E-state index contributed by atoms with van der Waals surface area (Å²) in [6, 6.07) is 0.224. The van der Waals surface area contributed by atoms with Crippen LogP contribution in [-0.2, 0) is 19.1 Å². The van der Waals surface area contributed by atoms with Gasteiger partial charge in [-0.05, 0) is 25.7 Å². The number of carbonyl (C=O) groups is 3. The molecule has 3 fully saturated rings. The zero-order valence-corrected chi connectivity index (χ0v) is 14.8. The second-order valence-corrected chi connectivity index (χ2v) is 6.93. The van der Waals surface area contributed by atoms with Crippen LogP contribution < -0.4 is 0 Å². The van der Waals surface area contributed by atoms with Crippen LogP contribution in [0.25, 0.3) is 0 Å². The summed E-state index contributed by atoms with van der Waals surface area (Å²) in [4.78, 5) is 41.7. The highest BCUT2D eigenvalue weighted by molar-refractivity contribution is 5.80. The standard InChI is InChI=1S/C17H27N3O5/c1-24-17(23)19-6-2-13(3-7-19)16(22)18-8-4-14(5-9-18)20-10-11-25-12-15(20)21/h13-14H,2-12H2,1H3. The van der Waals surface area contributed by atoms with E-state index in [1.165, 1.54) is 7.11 Å². The van der Waals surface area contributed by atoms with E-state index in [9.17, 15) is 14.4 Å². The van der Waals surface area contributed by atoms with Gasteiger partial charge in [0.2, 0.25) is 11.8 Å². The number of amides is 3. The Balaban J connectivity index is 1.46. The molecule has 8 nitrogen and oxygen atoms in total. The summed E-state index contributed by atoms with van der Waals surface area (Å²) in [5, 5.41) is 0. The van der Waals surface area contributed by atoms with Crippen LogP contribution in [0.4, 0.5) is 4.79 Å². The summed E-state index contributed by atoms with van der Waals surface area (Å²) in [6.07, 6.45) is 2.73. The van der Waals surface area contributed by atoms with Gasteiger partial charge in [0.05, 0.1) is 13.7 Å². The normalized spacial score (nSPS) is 23.7. The molecule has 3 rings (SSSR count). The van der Waals surface area contributed by atoms with Crippen LogP contribution in [-0.4, -0.2) is 91.7 Å². The average molecular weight is 353 g/mol. The molecule has 25 heavy (non-hydrogen) atoms. The molecule has 0 bridgehead atoms. The van der Waals surface area contributed by atoms with Crippen LogP contribution in [0.2, 0.25) is 0 Å². The smallest absolute Gasteiger partial charge is 0.409 e. The highest BCUT2D eigenvalue weighted by Crippen LogP contribution is 2.24. The number of rotatable bonds is 2. The Labute approximate surface area is 148 Å². The highest BCUT2D eigenvalue weighted by Gasteiger charge is 2.34. The molecule has 3 saturated heterocycles. The van der Waals surface area contributed by atoms with E-state index in [4.69, 9.17) is 9.47 Å². The van der Waals surface area contributed by atoms with Gasteiger partial charge < -0.3 is 24.2 Å². The van der Waals surface area contributed by atoms with E-state index in [1.54, 1.807) is 4.90 Å². The Kier molecular flexibility index (Phi) is 5.78. The zero-order chi connectivity index (χ0) is 17.8. The maximum Gasteiger partial charge on any atom is 0.409 e. The molecule has 0 atom stereocenters. The van der Waals surface area contributed by atoms with E-state index >= 15 is 0 Å². The van der Waals surface area contributed by atoms with E-state index in [0.29, 0.717) is 52.2 Å². The molecule has 3 heterocycles. The number of nitrogens with zero attached hydrogens (tertiary/aromatic N) is 3. The second-order valence-electron chi connectivity index (χ2n) is 6.93. The van der Waals surface area contributed by atoms with Crippen molar-refractivity contribution in [3.63, 3.8) is 0 Å². The lowest BCUT2D eigenvalue weighted by molar-refractivity contribution is -0.148. The maximum atomic E-state index is 12.7. The van der Waals surface area contributed by atoms with E-state index < -0.39 is 0 Å². The second kappa shape index (κ2) is 8.03. The molecule has 3 amide bonds. The van der Waals surface area contributed by atoms with Gasteiger partial charge in [-0.25, -0.2) is 4.79 Å². The van der Waals surface area contributed by atoms with Gasteiger partial charge in [0, 0.05) is 44.7 Å². The van der Waals surface area contributed by atoms with Crippen LogP contribution >= 0.6 is 0 Å². The average Bonchev–Trinajstić information content (AvgIpc) is 2.67. The largest absolute Gasteiger partial charge is 0.453 e. The van der Waals surface area contributed by atoms with E-state index in [0.717, 1.165) is 12.8 Å². The minimum absolute atomic E-state index is 0.0116. The van der Waals surface area contributed by atoms with Crippen molar-refractivity contribution < 1.29 is 23.9 Å². The lowest BCUT2D eigenvalue weighted by atomic mass is 9.93. The summed E-state index contributed by atoms with van der Waals surface area (Å²) in [5.74, 6) is 0.241. The molecule has 8 heteroatoms. The molecule has 0 aliphatic carbocycles. The first-order valence-corrected chi connectivity index (χ1v) is 9.09. The SMILES string of the molecule is COC(=O)N1CCC(C(=O)N2CCC(N3CCOCC3=O)CC2)CC1. The van der Waals surface area contributed by atoms with Crippen molar-refractivity contribution in [3.8, 4) is 0 Å². The number of carbonyl (C=O) groups excluding carboxylic acids is 3. The molecule has 140 valence electrons. The number of hydrogen-bond donors (Lipinski definition) is 0. The van der Waals surface area contributed by atoms with E-state index in [1.807, 2.05) is 9.80 Å². The number of likely N-dealkylation sites (tertiary alicyclic amines) is 2. The lowest BCUT2D eigenvalue weighted by Gasteiger charge is -2.41. The Bertz CT molecular complexity index is 510. The molecule has 0 aromatic rings. The van der Waals surface area contributed by atoms with Crippen molar-refractivity contribution in [3.05, 3.63) is 0 Å². The minimum Gasteiger partial charge on any atom is -0.453 e. The molecule has 0 spiro atoms. The monoisotopic (exact) mass is 353 g/mol. The van der Waals surface area contributed by atoms with Crippen LogP contribution in [0.1, 0.15) is 25.7 Å². The number of ether oxygens (including phenoxy) is 2. The molecule has 3 aliphatic heterocycles. The van der Waals surface area contributed by atoms with Crippen molar-refractivity contribution >= 4 is 17.9 Å². The van der Waals surface area contributed by atoms with Gasteiger partial charge in [-0.1, -0.05) is 0 Å². The lowest BCUT2D eigenvalue weighted by Crippen LogP contribution is -2.53. The van der Waals surface area contributed by atoms with Crippen molar-refractivity contribution in [2.45, 2.75) is 31.7 Å². The molecular formula is C17H27N3O5. The minimum atomic E-state index is -0.318. The summed E-state index contributed by atoms with van der Waals surface area (Å²) >= 11 is 0. The number of morpholine rings is 1. The molecule has 0 aromatic heterocycles. The van der Waals surface area contributed by atoms with Gasteiger partial charge in [0.15, 0.2) is 0 Å². The Hall–Kier alpha value is -1.83. The molecule has 0 unspecified atom stereocenters. The molecule has 0 saturated carbocycles. The van der Waals surface area contributed by atoms with Gasteiger partial charge in [-0.3, -0.25) is 9.59 Å². The third kappa shape index (κ3) is 4.05. The first kappa shape index (κ1) is 18.0. The number of hydrogen-bond acceptors (Lipinski definition) is 5. The zero-order valence-electron chi connectivity index (χ0n) is 14.8. The Morgan fingerprint density at radius 1 is 1.00 bits per heavy atom. The van der Waals surface area contributed by atoms with Crippen LogP contribution in [0, 0.1) is 5.92 Å². The maximum absolute atomic E-state index is 12.7. The van der Waals surface area contributed by atoms with Crippen molar-refractivity contribution in [1.82, 2.24) is 14.7 Å². The molecule has 0 aromatic carbocycles. The van der Waals surface area contributed by atoms with Gasteiger partial charge >= 0.3 is 6.09 Å². The number of piperidine rings is 2. The summed E-state index contributed by atoms with van der Waals surface area (Å²) < 4.78 is 9.91. The summed E-state index contributed by atoms with van der Waals surface area (Å²) in [6.45, 7) is 3.98. The first-order chi connectivity index (χ1) is 12.1. The van der Waals surface area contributed by atoms with E-state index in [-0.39, 0.29) is 36.5 Å². The molecule has 0 radical (unpaired) electrons. The molecule has 0 N–H and O–H groups in total. The van der Waals surface area contributed by atoms with Crippen molar-refractivity contribution in [1.29, 1.82) is 0 Å². The molecule has 3 aliphatic rings. The van der Waals surface area contributed by atoms with Crippen LogP contribution in [0.5, 0.6) is 0 Å². The first-order valence-electron chi connectivity index (χ1n) is 9.09. The highest BCUT2D eigenvalue weighted by atomic mass is 16.5. The predicted octanol–water partition coefficient (Wildman–Crippen LogP) is 0.315. The topological polar surface area (TPSA) is 79.4 Å². The van der Waals surface area contributed by atoms with Gasteiger partial charge in [-0.15, -0.1) is 0 Å². The fourth-order valence-electron chi connectivity index (χ4n) is 4.01. The van der Waals surface area contributed by atoms with Crippen molar-refractivity contribution in [2.24, 2.45) is 5.92 Å². The molecular weight excluding hydrogens is 326 g/mol. The fourth-order valence-corrected chi connectivity index (χ4v) is 4.01. The Morgan fingerprint density at radius 3 is 2.24 bits per heavy atom. The number of methoxy groups -OCH3 is 1. The summed E-state index contributed by atoms with van der Waals surface area (Å²) in [7, 11) is 1.38. The Morgan fingerprint density at radius 2 is 1.64 bits per heavy atom. The van der Waals surface area contributed by atoms with Gasteiger partial charge in [0.25, 0.3) is 0 Å². The third-order valence-electron chi connectivity index (χ3n) is 5.52. The van der Waals surface area contributed by atoms with Gasteiger partial charge in [-0.2, -0.15) is 0 Å². The van der Waals surface area contributed by atoms with Crippen LogP contribution in [0.3, 0.4) is 0 Å². The van der Waals surface area contributed by atoms with Crippen molar-refractivity contribution in [2.75, 3.05) is 53.0 Å². The van der Waals surface area contributed by atoms with E-state index in [2.05, 4.69) is 0 Å². The van der Waals surface area contributed by atoms with Crippen LogP contribution in [0.15, 0.2) is 0 Å².